The van der Waals surface area contributed by atoms with E-state index in [1.165, 1.54) is 0 Å². The van der Waals surface area contributed by atoms with Gasteiger partial charge in [-0.05, 0) is 48.7 Å². The number of amides is 1. The van der Waals surface area contributed by atoms with Crippen molar-refractivity contribution in [2.24, 2.45) is 0 Å². The summed E-state index contributed by atoms with van der Waals surface area (Å²) in [6, 6.07) is 23.7. The summed E-state index contributed by atoms with van der Waals surface area (Å²) in [5.74, 6) is 0.371. The molecule has 0 fully saturated rings. The van der Waals surface area contributed by atoms with Crippen molar-refractivity contribution in [3.8, 4) is 0 Å². The van der Waals surface area contributed by atoms with Crippen LogP contribution in [0.15, 0.2) is 78.9 Å². The lowest BCUT2D eigenvalue weighted by Gasteiger charge is -2.17. The molecule has 8 heteroatoms. The lowest BCUT2D eigenvalue weighted by Crippen LogP contribution is -2.31. The van der Waals surface area contributed by atoms with Gasteiger partial charge in [0.15, 0.2) is 0 Å². The Balaban J connectivity index is 1.59. The predicted octanol–water partition coefficient (Wildman–Crippen LogP) is 4.43. The zero-order chi connectivity index (χ0) is 23.3. The average molecular weight is 463 g/mol. The van der Waals surface area contributed by atoms with Crippen LogP contribution in [0.4, 0.5) is 5.69 Å². The van der Waals surface area contributed by atoms with Gasteiger partial charge in [-0.15, -0.1) is 0 Å². The van der Waals surface area contributed by atoms with E-state index in [2.05, 4.69) is 20.0 Å². The van der Waals surface area contributed by atoms with Crippen LogP contribution in [0.3, 0.4) is 0 Å². The minimum atomic E-state index is -3.45. The Morgan fingerprint density at radius 3 is 2.52 bits per heavy atom. The third-order valence-corrected chi connectivity index (χ3v) is 6.69. The number of nitrogens with zero attached hydrogens (tertiary/aromatic N) is 1. The van der Waals surface area contributed by atoms with Crippen molar-refractivity contribution in [3.05, 3.63) is 95.8 Å². The predicted molar refractivity (Wildman–Crippen MR) is 131 cm³/mol. The number of anilines is 1. The molecule has 0 bridgehead atoms. The summed E-state index contributed by atoms with van der Waals surface area (Å²) < 4.78 is 26.7. The molecule has 0 radical (unpaired) electrons. The van der Waals surface area contributed by atoms with Gasteiger partial charge in [-0.2, -0.15) is 0 Å². The molecule has 0 saturated heterocycles. The van der Waals surface area contributed by atoms with Crippen molar-refractivity contribution in [2.45, 2.75) is 25.8 Å². The molecular weight excluding hydrogens is 436 g/mol. The summed E-state index contributed by atoms with van der Waals surface area (Å²) in [5.41, 5.74) is 3.50. The van der Waals surface area contributed by atoms with Gasteiger partial charge in [-0.3, -0.25) is 9.52 Å². The molecule has 0 spiro atoms. The van der Waals surface area contributed by atoms with Gasteiger partial charge in [-0.25, -0.2) is 13.4 Å². The molecule has 4 rings (SSSR count). The summed E-state index contributed by atoms with van der Waals surface area (Å²) in [7, 11) is -3.45. The highest BCUT2D eigenvalue weighted by molar-refractivity contribution is 7.92. The minimum absolute atomic E-state index is 0.0224. The number of hydrogen-bond acceptors (Lipinski definition) is 4. The fraction of sp³-hybridized carbons (Fsp3) is 0.200. The molecule has 33 heavy (non-hydrogen) atoms. The molecule has 7 nitrogen and oxygen atoms in total. The number of rotatable bonds is 9. The maximum Gasteiger partial charge on any atom is 0.251 e. The van der Waals surface area contributed by atoms with Crippen molar-refractivity contribution in [3.63, 3.8) is 0 Å². The Kier molecular flexibility index (Phi) is 6.74. The Morgan fingerprint density at radius 1 is 1.00 bits per heavy atom. The number of imidazole rings is 1. The van der Waals surface area contributed by atoms with E-state index >= 15 is 0 Å². The first kappa shape index (κ1) is 22.5. The van der Waals surface area contributed by atoms with Crippen molar-refractivity contribution in [1.29, 1.82) is 0 Å². The van der Waals surface area contributed by atoms with Crippen LogP contribution in [0.2, 0.25) is 0 Å². The maximum atomic E-state index is 13.1. The van der Waals surface area contributed by atoms with E-state index in [4.69, 9.17) is 0 Å². The fourth-order valence-electron chi connectivity index (χ4n) is 3.67. The SMILES string of the molecule is CCCS(=O)(=O)Nc1cccc(C(=O)N[C@@H](Cc2ccccc2)c2nc3ccccc3[nH]2)c1. The van der Waals surface area contributed by atoms with E-state index in [0.717, 1.165) is 16.6 Å². The Morgan fingerprint density at radius 2 is 1.76 bits per heavy atom. The van der Waals surface area contributed by atoms with E-state index in [1.807, 2.05) is 54.6 Å². The molecule has 4 aromatic rings. The number of H-pyrrole nitrogens is 1. The monoisotopic (exact) mass is 462 g/mol. The van der Waals surface area contributed by atoms with Crippen molar-refractivity contribution in [1.82, 2.24) is 15.3 Å². The first-order chi connectivity index (χ1) is 15.9. The number of aromatic nitrogens is 2. The van der Waals surface area contributed by atoms with Crippen LogP contribution in [-0.4, -0.2) is 30.0 Å². The number of benzene rings is 3. The van der Waals surface area contributed by atoms with Crippen molar-refractivity contribution in [2.75, 3.05) is 10.5 Å². The molecular formula is C25H26N4O3S. The van der Waals surface area contributed by atoms with Crippen LogP contribution in [0, 0.1) is 0 Å². The number of para-hydroxylation sites is 2. The number of aromatic amines is 1. The first-order valence-electron chi connectivity index (χ1n) is 10.8. The van der Waals surface area contributed by atoms with Crippen LogP contribution in [0.1, 0.15) is 41.1 Å². The molecule has 1 atom stereocenters. The second kappa shape index (κ2) is 9.87. The molecule has 170 valence electrons. The number of carbonyl (C=O) groups is 1. The van der Waals surface area contributed by atoms with Crippen LogP contribution < -0.4 is 10.0 Å². The van der Waals surface area contributed by atoms with E-state index < -0.39 is 16.1 Å². The van der Waals surface area contributed by atoms with Crippen LogP contribution in [-0.2, 0) is 16.4 Å². The summed E-state index contributed by atoms with van der Waals surface area (Å²) >= 11 is 0. The zero-order valence-corrected chi connectivity index (χ0v) is 19.1. The number of carbonyl (C=O) groups excluding carboxylic acids is 1. The van der Waals surface area contributed by atoms with Crippen LogP contribution in [0.25, 0.3) is 11.0 Å². The Labute approximate surface area is 193 Å². The largest absolute Gasteiger partial charge is 0.342 e. The normalized spacial score (nSPS) is 12.4. The van der Waals surface area contributed by atoms with Gasteiger partial charge < -0.3 is 10.3 Å². The first-order valence-corrected chi connectivity index (χ1v) is 12.5. The highest BCUT2D eigenvalue weighted by atomic mass is 32.2. The lowest BCUT2D eigenvalue weighted by molar-refractivity contribution is 0.0935. The second-order valence-electron chi connectivity index (χ2n) is 7.86. The molecule has 1 aromatic heterocycles. The van der Waals surface area contributed by atoms with Gasteiger partial charge in [0.2, 0.25) is 10.0 Å². The van der Waals surface area contributed by atoms with Crippen LogP contribution in [0.5, 0.6) is 0 Å². The van der Waals surface area contributed by atoms with Crippen molar-refractivity contribution >= 4 is 32.7 Å². The van der Waals surface area contributed by atoms with E-state index in [1.54, 1.807) is 31.2 Å². The molecule has 3 N–H and O–H groups in total. The lowest BCUT2D eigenvalue weighted by atomic mass is 10.0. The number of sulfonamides is 1. The average Bonchev–Trinajstić information content (AvgIpc) is 3.23. The summed E-state index contributed by atoms with van der Waals surface area (Å²) in [4.78, 5) is 21.1. The standard InChI is InChI=1S/C25H26N4O3S/c1-2-15-33(31,32)29-20-12-8-11-19(17-20)25(30)28-23(16-18-9-4-3-5-10-18)24-26-21-13-6-7-14-22(21)27-24/h3-14,17,23,29H,2,15-16H2,1H3,(H,26,27)(H,28,30)/t23-/m0/s1. The number of hydrogen-bond donors (Lipinski definition) is 3. The smallest absolute Gasteiger partial charge is 0.251 e. The van der Waals surface area contributed by atoms with Gasteiger partial charge in [0.25, 0.3) is 5.91 Å². The summed E-state index contributed by atoms with van der Waals surface area (Å²) in [6.07, 6.45) is 1.06. The Bertz CT molecular complexity index is 1320. The molecule has 1 amide bonds. The topological polar surface area (TPSA) is 104 Å². The Hall–Kier alpha value is -3.65. The highest BCUT2D eigenvalue weighted by Crippen LogP contribution is 2.21. The van der Waals surface area contributed by atoms with Gasteiger partial charge in [0.05, 0.1) is 22.8 Å². The quantitative estimate of drug-likeness (QED) is 0.342. The van der Waals surface area contributed by atoms with Gasteiger partial charge in [0, 0.05) is 11.3 Å². The molecule has 3 aromatic carbocycles. The van der Waals surface area contributed by atoms with Crippen LogP contribution >= 0.6 is 0 Å². The highest BCUT2D eigenvalue weighted by Gasteiger charge is 2.20. The molecule has 0 unspecified atom stereocenters. The molecule has 0 saturated carbocycles. The third-order valence-electron chi connectivity index (χ3n) is 5.20. The van der Waals surface area contributed by atoms with Gasteiger partial charge >= 0.3 is 0 Å². The maximum absolute atomic E-state index is 13.1. The molecule has 0 aliphatic rings. The number of nitrogens with one attached hydrogen (secondary N) is 3. The van der Waals surface area contributed by atoms with E-state index in [0.29, 0.717) is 29.9 Å². The van der Waals surface area contributed by atoms with E-state index in [9.17, 15) is 13.2 Å². The number of fused-ring (bicyclic) bond motifs is 1. The van der Waals surface area contributed by atoms with Gasteiger partial charge in [0.1, 0.15) is 5.82 Å². The summed E-state index contributed by atoms with van der Waals surface area (Å²) in [6.45, 7) is 1.80. The van der Waals surface area contributed by atoms with Crippen molar-refractivity contribution < 1.29 is 13.2 Å². The molecule has 0 aliphatic carbocycles. The van der Waals surface area contributed by atoms with Gasteiger partial charge in [-0.1, -0.05) is 55.5 Å². The summed E-state index contributed by atoms with van der Waals surface area (Å²) in [5, 5.41) is 3.06. The molecule has 0 aliphatic heterocycles. The fourth-order valence-corrected chi connectivity index (χ4v) is 4.79. The minimum Gasteiger partial charge on any atom is -0.342 e. The van der Waals surface area contributed by atoms with E-state index in [-0.39, 0.29) is 11.7 Å². The molecule has 1 heterocycles. The third kappa shape index (κ3) is 5.78. The zero-order valence-electron chi connectivity index (χ0n) is 18.3. The second-order valence-corrected chi connectivity index (χ2v) is 9.70.